The predicted octanol–water partition coefficient (Wildman–Crippen LogP) is 3.65. The van der Waals surface area contributed by atoms with Crippen molar-refractivity contribution in [2.75, 3.05) is 13.2 Å². The van der Waals surface area contributed by atoms with Gasteiger partial charge in [-0.25, -0.2) is 0 Å². The van der Waals surface area contributed by atoms with Crippen LogP contribution in [-0.4, -0.2) is 30.0 Å². The molecule has 0 unspecified atom stereocenters. The highest BCUT2D eigenvalue weighted by atomic mass is 32.2. The highest BCUT2D eigenvalue weighted by Gasteiger charge is 2.23. The van der Waals surface area contributed by atoms with Crippen molar-refractivity contribution in [2.45, 2.75) is 51.3 Å². The average molecular weight is 427 g/mol. The Balaban J connectivity index is 2.10. The van der Waals surface area contributed by atoms with Crippen molar-refractivity contribution >= 4 is 20.2 Å². The first-order valence-corrected chi connectivity index (χ1v) is 11.6. The highest BCUT2D eigenvalue weighted by molar-refractivity contribution is 7.87. The summed E-state index contributed by atoms with van der Waals surface area (Å²) < 4.78 is 60.0. The molecule has 8 heteroatoms. The molecular weight excluding hydrogens is 400 g/mol. The van der Waals surface area contributed by atoms with E-state index in [1.807, 2.05) is 13.8 Å². The van der Waals surface area contributed by atoms with Crippen molar-refractivity contribution in [1.82, 2.24) is 0 Å². The van der Waals surface area contributed by atoms with E-state index in [9.17, 15) is 16.8 Å². The summed E-state index contributed by atoms with van der Waals surface area (Å²) >= 11 is 0. The summed E-state index contributed by atoms with van der Waals surface area (Å²) in [7, 11) is -8.04. The first-order chi connectivity index (χ1) is 12.8. The molecule has 0 saturated carbocycles. The van der Waals surface area contributed by atoms with Crippen molar-refractivity contribution in [2.24, 2.45) is 0 Å². The van der Waals surface area contributed by atoms with Crippen LogP contribution in [0.1, 0.15) is 33.4 Å². The third-order valence-electron chi connectivity index (χ3n) is 4.27. The Labute approximate surface area is 167 Å². The van der Waals surface area contributed by atoms with Gasteiger partial charge in [0, 0.05) is 0 Å². The molecule has 0 aromatic heterocycles. The fraction of sp³-hybridized carbons (Fsp3) is 0.400. The van der Waals surface area contributed by atoms with Gasteiger partial charge in [-0.1, -0.05) is 35.4 Å². The summed E-state index contributed by atoms with van der Waals surface area (Å²) in [4.78, 5) is 0.206. The minimum absolute atomic E-state index is 0.103. The topological polar surface area (TPSA) is 86.7 Å². The van der Waals surface area contributed by atoms with Crippen LogP contribution >= 0.6 is 0 Å². The molecule has 2 rings (SSSR count). The lowest BCUT2D eigenvalue weighted by atomic mass is 10.1. The van der Waals surface area contributed by atoms with Crippen LogP contribution in [0.25, 0.3) is 0 Å². The van der Waals surface area contributed by atoms with Gasteiger partial charge in [0.25, 0.3) is 20.2 Å². The van der Waals surface area contributed by atoms with Crippen molar-refractivity contribution in [1.29, 1.82) is 0 Å². The second-order valence-corrected chi connectivity index (χ2v) is 10.1. The molecule has 0 aliphatic heterocycles. The molecule has 0 radical (unpaired) electrons. The normalized spacial score (nSPS) is 12.4. The number of hydrogen-bond acceptors (Lipinski definition) is 6. The third kappa shape index (κ3) is 5.00. The Morgan fingerprint density at radius 1 is 0.571 bits per heavy atom. The van der Waals surface area contributed by atoms with E-state index in [1.165, 1.54) is 0 Å². The Hall–Kier alpha value is -1.74. The minimum Gasteiger partial charge on any atom is -0.264 e. The van der Waals surface area contributed by atoms with Crippen molar-refractivity contribution < 1.29 is 25.2 Å². The van der Waals surface area contributed by atoms with Crippen LogP contribution in [0, 0.1) is 41.5 Å². The summed E-state index contributed by atoms with van der Waals surface area (Å²) in [6.07, 6.45) is 0. The lowest BCUT2D eigenvalue weighted by Crippen LogP contribution is -2.17. The largest absolute Gasteiger partial charge is 0.297 e. The maximum atomic E-state index is 12.5. The number of hydrogen-bond donors (Lipinski definition) is 0. The molecule has 2 aromatic rings. The van der Waals surface area contributed by atoms with Gasteiger partial charge < -0.3 is 0 Å². The monoisotopic (exact) mass is 426 g/mol. The maximum absolute atomic E-state index is 12.5. The van der Waals surface area contributed by atoms with Gasteiger partial charge in [-0.3, -0.25) is 8.37 Å². The molecule has 6 nitrogen and oxygen atoms in total. The second-order valence-electron chi connectivity index (χ2n) is 7.01. The van der Waals surface area contributed by atoms with Crippen LogP contribution in [0.4, 0.5) is 0 Å². The zero-order chi connectivity index (χ0) is 21.3. The molecule has 0 spiro atoms. The van der Waals surface area contributed by atoms with Crippen molar-refractivity contribution in [3.63, 3.8) is 0 Å². The molecule has 0 amide bonds. The summed E-state index contributed by atoms with van der Waals surface area (Å²) in [6.45, 7) is 9.73. The van der Waals surface area contributed by atoms with Gasteiger partial charge >= 0.3 is 0 Å². The van der Waals surface area contributed by atoms with E-state index < -0.39 is 33.5 Å². The van der Waals surface area contributed by atoms with Crippen LogP contribution < -0.4 is 0 Å². The first-order valence-electron chi connectivity index (χ1n) is 8.79. The summed E-state index contributed by atoms with van der Waals surface area (Å²) in [6, 6.07) is 7.03. The molecule has 154 valence electrons. The van der Waals surface area contributed by atoms with Crippen LogP contribution in [0.3, 0.4) is 0 Å². The standard InChI is InChI=1S/C20H26O6S2/c1-13-9-15(3)19(16(4)10-13)27(21,22)25-7-8-26-28(23,24)20-17(5)11-14(2)12-18(20)6/h9-12H,7-8H2,1-6H3. The predicted molar refractivity (Wildman–Crippen MR) is 108 cm³/mol. The van der Waals surface area contributed by atoms with Gasteiger partial charge in [0.2, 0.25) is 0 Å². The second kappa shape index (κ2) is 8.32. The Bertz CT molecular complexity index is 964. The first kappa shape index (κ1) is 22.5. The van der Waals surface area contributed by atoms with E-state index in [0.29, 0.717) is 22.3 Å². The van der Waals surface area contributed by atoms with E-state index >= 15 is 0 Å². The molecule has 0 saturated heterocycles. The van der Waals surface area contributed by atoms with Crippen molar-refractivity contribution in [3.8, 4) is 0 Å². The van der Waals surface area contributed by atoms with Gasteiger partial charge in [0.1, 0.15) is 0 Å². The van der Waals surface area contributed by atoms with E-state index in [4.69, 9.17) is 8.37 Å². The van der Waals surface area contributed by atoms with E-state index in [2.05, 4.69) is 0 Å². The quantitative estimate of drug-likeness (QED) is 0.496. The number of rotatable bonds is 7. The van der Waals surface area contributed by atoms with E-state index in [-0.39, 0.29) is 9.79 Å². The zero-order valence-electron chi connectivity index (χ0n) is 17.0. The highest BCUT2D eigenvalue weighted by Crippen LogP contribution is 2.25. The van der Waals surface area contributed by atoms with E-state index in [1.54, 1.807) is 52.0 Å². The smallest absolute Gasteiger partial charge is 0.264 e. The van der Waals surface area contributed by atoms with Crippen LogP contribution in [0.15, 0.2) is 34.1 Å². The fourth-order valence-electron chi connectivity index (χ4n) is 3.53. The minimum atomic E-state index is -4.02. The van der Waals surface area contributed by atoms with Gasteiger partial charge in [-0.05, 0) is 63.8 Å². The lowest BCUT2D eigenvalue weighted by molar-refractivity contribution is 0.224. The molecule has 0 aliphatic carbocycles. The SMILES string of the molecule is Cc1cc(C)c(S(=O)(=O)OCCOS(=O)(=O)c2c(C)cc(C)cc2C)c(C)c1. The fourth-order valence-corrected chi connectivity index (χ4v) is 6.15. The van der Waals surface area contributed by atoms with Crippen LogP contribution in [0.5, 0.6) is 0 Å². The van der Waals surface area contributed by atoms with Gasteiger partial charge in [0.05, 0.1) is 23.0 Å². The van der Waals surface area contributed by atoms with Gasteiger partial charge in [-0.15, -0.1) is 0 Å². The summed E-state index contributed by atoms with van der Waals surface area (Å²) in [5.41, 5.74) is 4.22. The molecule has 0 bridgehead atoms. The van der Waals surface area contributed by atoms with Crippen LogP contribution in [0.2, 0.25) is 0 Å². The lowest BCUT2D eigenvalue weighted by Gasteiger charge is -2.14. The zero-order valence-corrected chi connectivity index (χ0v) is 18.6. The Kier molecular flexibility index (Phi) is 6.70. The van der Waals surface area contributed by atoms with Crippen LogP contribution in [-0.2, 0) is 28.6 Å². The van der Waals surface area contributed by atoms with Gasteiger partial charge in [0.15, 0.2) is 0 Å². The summed E-state index contributed by atoms with van der Waals surface area (Å²) in [5.74, 6) is 0. The van der Waals surface area contributed by atoms with E-state index in [0.717, 1.165) is 11.1 Å². The molecular formula is C20H26O6S2. The Morgan fingerprint density at radius 3 is 1.07 bits per heavy atom. The van der Waals surface area contributed by atoms with Gasteiger partial charge in [-0.2, -0.15) is 16.8 Å². The molecule has 0 aliphatic rings. The average Bonchev–Trinajstić information content (AvgIpc) is 2.48. The third-order valence-corrected chi connectivity index (χ3v) is 7.51. The maximum Gasteiger partial charge on any atom is 0.297 e. The molecule has 0 N–H and O–H groups in total. The van der Waals surface area contributed by atoms with Crippen molar-refractivity contribution in [3.05, 3.63) is 57.6 Å². The molecule has 2 aromatic carbocycles. The molecule has 0 fully saturated rings. The molecule has 0 atom stereocenters. The number of benzene rings is 2. The number of aryl methyl sites for hydroxylation is 6. The Morgan fingerprint density at radius 2 is 0.821 bits per heavy atom. The molecule has 28 heavy (non-hydrogen) atoms. The summed E-state index contributed by atoms with van der Waals surface area (Å²) in [5, 5.41) is 0. The molecule has 0 heterocycles.